The number of carbonyl (C=O) groups is 2. The van der Waals surface area contributed by atoms with Crippen molar-refractivity contribution in [1.29, 1.82) is 0 Å². The summed E-state index contributed by atoms with van der Waals surface area (Å²) in [6.45, 7) is 0. The Kier molecular flexibility index (Phi) is 6.85. The molecule has 31 heavy (non-hydrogen) atoms. The number of hydrazone groups is 1. The van der Waals surface area contributed by atoms with Gasteiger partial charge in [-0.3, -0.25) is 9.59 Å². The zero-order chi connectivity index (χ0) is 22.2. The first-order valence-corrected chi connectivity index (χ1v) is 9.26. The van der Waals surface area contributed by atoms with Gasteiger partial charge in [-0.2, -0.15) is 5.10 Å². The lowest BCUT2D eigenvalue weighted by molar-refractivity contribution is 0.0956. The molecule has 0 aliphatic rings. The van der Waals surface area contributed by atoms with Crippen LogP contribution in [0, 0.1) is 0 Å². The zero-order valence-electron chi connectivity index (χ0n) is 17.0. The number of nitrogens with one attached hydrogen (secondary N) is 2. The van der Waals surface area contributed by atoms with Gasteiger partial charge < -0.3 is 19.9 Å². The van der Waals surface area contributed by atoms with Crippen LogP contribution in [0.3, 0.4) is 0 Å². The van der Waals surface area contributed by atoms with E-state index in [1.807, 2.05) is 0 Å². The molecule has 2 amide bonds. The molecule has 3 aromatic rings. The van der Waals surface area contributed by atoms with Gasteiger partial charge in [0.1, 0.15) is 5.75 Å². The average molecular weight is 419 g/mol. The number of nitrogens with zero attached hydrogens (tertiary/aromatic N) is 1. The van der Waals surface area contributed by atoms with E-state index in [1.54, 1.807) is 67.8 Å². The molecule has 0 fully saturated rings. The van der Waals surface area contributed by atoms with E-state index in [-0.39, 0.29) is 17.2 Å². The lowest BCUT2D eigenvalue weighted by Crippen LogP contribution is -2.21. The van der Waals surface area contributed by atoms with E-state index in [4.69, 9.17) is 9.47 Å². The molecule has 0 spiro atoms. The van der Waals surface area contributed by atoms with E-state index >= 15 is 0 Å². The number of methoxy groups -OCH3 is 2. The van der Waals surface area contributed by atoms with Crippen molar-refractivity contribution in [2.24, 2.45) is 5.10 Å². The third kappa shape index (κ3) is 5.39. The van der Waals surface area contributed by atoms with Crippen molar-refractivity contribution in [1.82, 2.24) is 5.43 Å². The zero-order valence-corrected chi connectivity index (χ0v) is 17.0. The van der Waals surface area contributed by atoms with Crippen LogP contribution in [0.4, 0.5) is 5.69 Å². The van der Waals surface area contributed by atoms with Gasteiger partial charge in [-0.15, -0.1) is 0 Å². The van der Waals surface area contributed by atoms with E-state index in [0.29, 0.717) is 28.3 Å². The van der Waals surface area contributed by atoms with Crippen molar-refractivity contribution >= 4 is 23.7 Å². The Balaban J connectivity index is 1.70. The summed E-state index contributed by atoms with van der Waals surface area (Å²) < 4.78 is 10.1. The summed E-state index contributed by atoms with van der Waals surface area (Å²) in [5, 5.41) is 16.3. The Morgan fingerprint density at radius 3 is 2.39 bits per heavy atom. The van der Waals surface area contributed by atoms with Crippen molar-refractivity contribution < 1.29 is 24.2 Å². The van der Waals surface area contributed by atoms with Crippen molar-refractivity contribution in [3.05, 3.63) is 83.4 Å². The standard InChI is InChI=1S/C23H21N3O5/c1-30-17-10-8-16(9-11-17)22(28)25-19-6-4-3-5-18(19)23(29)26-24-14-15-7-12-20(27)21(13-15)31-2/h3-14,27H,1-2H3,(H,25,28)(H,26,29)/b24-14-. The highest BCUT2D eigenvalue weighted by molar-refractivity contribution is 6.09. The predicted molar refractivity (Wildman–Crippen MR) is 117 cm³/mol. The largest absolute Gasteiger partial charge is 0.504 e. The van der Waals surface area contributed by atoms with Gasteiger partial charge in [-0.25, -0.2) is 5.43 Å². The number of phenols is 1. The van der Waals surface area contributed by atoms with Crippen LogP contribution in [0.2, 0.25) is 0 Å². The van der Waals surface area contributed by atoms with E-state index in [9.17, 15) is 14.7 Å². The summed E-state index contributed by atoms with van der Waals surface area (Å²) in [6.07, 6.45) is 1.42. The molecule has 0 atom stereocenters. The second-order valence-corrected chi connectivity index (χ2v) is 6.36. The molecule has 0 unspecified atom stereocenters. The van der Waals surface area contributed by atoms with Crippen molar-refractivity contribution in [2.45, 2.75) is 0 Å². The van der Waals surface area contributed by atoms with Gasteiger partial charge in [-0.1, -0.05) is 12.1 Å². The maximum Gasteiger partial charge on any atom is 0.273 e. The fourth-order valence-corrected chi connectivity index (χ4v) is 2.73. The van der Waals surface area contributed by atoms with Gasteiger partial charge >= 0.3 is 0 Å². The van der Waals surface area contributed by atoms with E-state index < -0.39 is 5.91 Å². The van der Waals surface area contributed by atoms with Gasteiger partial charge in [0.05, 0.1) is 31.7 Å². The molecule has 3 N–H and O–H groups in total. The lowest BCUT2D eigenvalue weighted by atomic mass is 10.1. The second-order valence-electron chi connectivity index (χ2n) is 6.36. The maximum atomic E-state index is 12.6. The number of aromatic hydroxyl groups is 1. The fourth-order valence-electron chi connectivity index (χ4n) is 2.73. The topological polar surface area (TPSA) is 109 Å². The van der Waals surface area contributed by atoms with Crippen LogP contribution in [0.1, 0.15) is 26.3 Å². The first-order chi connectivity index (χ1) is 15.0. The summed E-state index contributed by atoms with van der Waals surface area (Å²) in [7, 11) is 2.99. The Labute approximate surface area is 179 Å². The summed E-state index contributed by atoms with van der Waals surface area (Å²) in [5.41, 5.74) is 4.08. The molecular weight excluding hydrogens is 398 g/mol. The predicted octanol–water partition coefficient (Wildman–Crippen LogP) is 3.43. The third-order valence-electron chi connectivity index (χ3n) is 4.36. The van der Waals surface area contributed by atoms with Crippen LogP contribution in [0.5, 0.6) is 17.2 Å². The normalized spacial score (nSPS) is 10.5. The molecule has 0 bridgehead atoms. The number of phenolic OH excluding ortho intramolecular Hbond substituents is 1. The summed E-state index contributed by atoms with van der Waals surface area (Å²) in [5.74, 6) is 0.0859. The first kappa shape index (κ1) is 21.4. The summed E-state index contributed by atoms with van der Waals surface area (Å²) >= 11 is 0. The number of anilines is 1. The van der Waals surface area contributed by atoms with Crippen LogP contribution in [-0.4, -0.2) is 37.4 Å². The minimum Gasteiger partial charge on any atom is -0.504 e. The Morgan fingerprint density at radius 2 is 1.68 bits per heavy atom. The fraction of sp³-hybridized carbons (Fsp3) is 0.0870. The number of rotatable bonds is 7. The van der Waals surface area contributed by atoms with Crippen LogP contribution in [0.25, 0.3) is 0 Å². The van der Waals surface area contributed by atoms with E-state index in [1.165, 1.54) is 19.4 Å². The number of hydrogen-bond acceptors (Lipinski definition) is 6. The van der Waals surface area contributed by atoms with Crippen LogP contribution < -0.4 is 20.2 Å². The van der Waals surface area contributed by atoms with Gasteiger partial charge in [0.15, 0.2) is 11.5 Å². The first-order valence-electron chi connectivity index (χ1n) is 9.26. The molecule has 3 aromatic carbocycles. The SMILES string of the molecule is COc1ccc(C(=O)Nc2ccccc2C(=O)N/N=C\c2ccc(O)c(OC)c2)cc1. The molecule has 0 saturated heterocycles. The van der Waals surface area contributed by atoms with Gasteiger partial charge in [0, 0.05) is 5.56 Å². The minimum absolute atomic E-state index is 0.00483. The highest BCUT2D eigenvalue weighted by Crippen LogP contribution is 2.25. The number of ether oxygens (including phenoxy) is 2. The molecule has 0 aliphatic carbocycles. The Bertz CT molecular complexity index is 1110. The number of para-hydroxylation sites is 1. The highest BCUT2D eigenvalue weighted by Gasteiger charge is 2.14. The van der Waals surface area contributed by atoms with Crippen LogP contribution in [0.15, 0.2) is 71.8 Å². The number of amides is 2. The molecule has 0 aromatic heterocycles. The number of hydrogen-bond donors (Lipinski definition) is 3. The quantitative estimate of drug-likeness (QED) is 0.402. The third-order valence-corrected chi connectivity index (χ3v) is 4.36. The summed E-state index contributed by atoms with van der Waals surface area (Å²) in [4.78, 5) is 25.1. The molecule has 3 rings (SSSR count). The van der Waals surface area contributed by atoms with Crippen molar-refractivity contribution in [2.75, 3.05) is 19.5 Å². The van der Waals surface area contributed by atoms with Gasteiger partial charge in [0.2, 0.25) is 0 Å². The van der Waals surface area contributed by atoms with E-state index in [0.717, 1.165) is 0 Å². The molecule has 0 saturated carbocycles. The smallest absolute Gasteiger partial charge is 0.273 e. The minimum atomic E-state index is -0.493. The molecule has 8 heteroatoms. The van der Waals surface area contributed by atoms with Crippen molar-refractivity contribution in [3.8, 4) is 17.2 Å². The molecule has 158 valence electrons. The average Bonchev–Trinajstić information content (AvgIpc) is 2.80. The molecule has 0 heterocycles. The van der Waals surface area contributed by atoms with Crippen molar-refractivity contribution in [3.63, 3.8) is 0 Å². The molecular formula is C23H21N3O5. The Morgan fingerprint density at radius 1 is 0.935 bits per heavy atom. The van der Waals surface area contributed by atoms with Crippen LogP contribution >= 0.6 is 0 Å². The summed E-state index contributed by atoms with van der Waals surface area (Å²) in [6, 6.07) is 17.9. The molecule has 0 radical (unpaired) electrons. The second kappa shape index (κ2) is 9.93. The van der Waals surface area contributed by atoms with Gasteiger partial charge in [-0.05, 0) is 60.2 Å². The molecule has 8 nitrogen and oxygen atoms in total. The van der Waals surface area contributed by atoms with Gasteiger partial charge in [0.25, 0.3) is 11.8 Å². The maximum absolute atomic E-state index is 12.6. The monoisotopic (exact) mass is 419 g/mol. The highest BCUT2D eigenvalue weighted by atomic mass is 16.5. The molecule has 0 aliphatic heterocycles. The van der Waals surface area contributed by atoms with Crippen LogP contribution in [-0.2, 0) is 0 Å². The number of benzene rings is 3. The lowest BCUT2D eigenvalue weighted by Gasteiger charge is -2.10. The number of carbonyl (C=O) groups excluding carboxylic acids is 2. The van der Waals surface area contributed by atoms with E-state index in [2.05, 4.69) is 15.8 Å². The Hall–Kier alpha value is -4.33.